The van der Waals surface area contributed by atoms with Crippen LogP contribution in [0.2, 0.25) is 0 Å². The number of aromatic nitrogens is 2. The number of rotatable bonds is 6. The van der Waals surface area contributed by atoms with E-state index in [9.17, 15) is 0 Å². The van der Waals surface area contributed by atoms with Crippen molar-refractivity contribution in [3.63, 3.8) is 0 Å². The Morgan fingerprint density at radius 2 is 1.90 bits per heavy atom. The summed E-state index contributed by atoms with van der Waals surface area (Å²) in [5.41, 5.74) is 8.22. The van der Waals surface area contributed by atoms with E-state index < -0.39 is 0 Å². The molecule has 0 aliphatic heterocycles. The quantitative estimate of drug-likeness (QED) is 0.879. The Balaban J connectivity index is 2.46. The van der Waals surface area contributed by atoms with Crippen molar-refractivity contribution in [1.29, 1.82) is 0 Å². The Kier molecular flexibility index (Phi) is 4.63. The second kappa shape index (κ2) is 6.43. The third kappa shape index (κ3) is 2.63. The lowest BCUT2D eigenvalue weighted by Crippen LogP contribution is -2.19. The number of nitrogens with zero attached hydrogens (tertiary/aromatic N) is 2. The molecule has 0 saturated heterocycles. The molecule has 0 aliphatic carbocycles. The van der Waals surface area contributed by atoms with Gasteiger partial charge in [0.15, 0.2) is 5.75 Å². The average Bonchev–Trinajstić information content (AvgIpc) is 2.89. The van der Waals surface area contributed by atoms with Crippen LogP contribution >= 0.6 is 0 Å². The predicted molar refractivity (Wildman–Crippen MR) is 78.1 cm³/mol. The summed E-state index contributed by atoms with van der Waals surface area (Å²) in [6, 6.07) is 7.41. The summed E-state index contributed by atoms with van der Waals surface area (Å²) in [6.07, 6.45) is 2.69. The maximum absolute atomic E-state index is 6.42. The van der Waals surface area contributed by atoms with Crippen LogP contribution in [0.15, 0.2) is 30.5 Å². The first kappa shape index (κ1) is 14.4. The number of nitrogens with two attached hydrogens (primary N) is 1. The molecule has 1 heterocycles. The van der Waals surface area contributed by atoms with E-state index in [0.29, 0.717) is 5.75 Å². The second-order valence-corrected chi connectivity index (χ2v) is 4.54. The molecule has 0 spiro atoms. The maximum atomic E-state index is 6.42. The van der Waals surface area contributed by atoms with Gasteiger partial charge >= 0.3 is 0 Å². The number of aryl methyl sites for hydroxylation is 1. The van der Waals surface area contributed by atoms with Gasteiger partial charge in [0.25, 0.3) is 0 Å². The van der Waals surface area contributed by atoms with Crippen molar-refractivity contribution in [1.82, 2.24) is 9.78 Å². The topological polar surface area (TPSA) is 62.3 Å². The summed E-state index contributed by atoms with van der Waals surface area (Å²) < 4.78 is 12.7. The van der Waals surface area contributed by atoms with Gasteiger partial charge in [0, 0.05) is 12.1 Å². The first-order chi connectivity index (χ1) is 9.72. The summed E-state index contributed by atoms with van der Waals surface area (Å²) in [7, 11) is 3.28. The Hall–Kier alpha value is -2.01. The van der Waals surface area contributed by atoms with Crippen molar-refractivity contribution >= 4 is 0 Å². The van der Waals surface area contributed by atoms with Crippen LogP contribution in [-0.2, 0) is 6.54 Å². The lowest BCUT2D eigenvalue weighted by atomic mass is 10.0. The van der Waals surface area contributed by atoms with Gasteiger partial charge in [0.2, 0.25) is 0 Å². The molecule has 1 aromatic carbocycles. The van der Waals surface area contributed by atoms with Crippen molar-refractivity contribution in [2.45, 2.75) is 25.9 Å². The fourth-order valence-electron chi connectivity index (χ4n) is 2.31. The number of hydrogen-bond donors (Lipinski definition) is 1. The van der Waals surface area contributed by atoms with Gasteiger partial charge < -0.3 is 15.2 Å². The van der Waals surface area contributed by atoms with Gasteiger partial charge in [-0.25, -0.2) is 0 Å². The van der Waals surface area contributed by atoms with E-state index in [1.165, 1.54) is 0 Å². The number of ether oxygens (including phenoxy) is 2. The molecule has 20 heavy (non-hydrogen) atoms. The highest BCUT2D eigenvalue weighted by Crippen LogP contribution is 2.32. The Labute approximate surface area is 119 Å². The number of hydrogen-bond acceptors (Lipinski definition) is 4. The van der Waals surface area contributed by atoms with Gasteiger partial charge in [-0.05, 0) is 12.5 Å². The van der Waals surface area contributed by atoms with Crippen LogP contribution in [0.3, 0.4) is 0 Å². The molecular formula is C15H21N3O2. The fourth-order valence-corrected chi connectivity index (χ4v) is 2.31. The van der Waals surface area contributed by atoms with Gasteiger partial charge in [-0.1, -0.05) is 25.1 Å². The highest BCUT2D eigenvalue weighted by atomic mass is 16.5. The van der Waals surface area contributed by atoms with Gasteiger partial charge in [0.05, 0.1) is 26.5 Å². The fraction of sp³-hybridized carbons (Fsp3) is 0.400. The molecule has 5 heteroatoms. The molecule has 2 N–H and O–H groups in total. The lowest BCUT2D eigenvalue weighted by Gasteiger charge is -2.18. The van der Waals surface area contributed by atoms with Crippen molar-refractivity contribution in [2.75, 3.05) is 14.2 Å². The molecule has 0 aliphatic rings. The molecule has 1 aromatic heterocycles. The zero-order valence-corrected chi connectivity index (χ0v) is 12.2. The summed E-state index contributed by atoms with van der Waals surface area (Å²) in [5.74, 6) is 1.48. The molecule has 1 atom stereocenters. The first-order valence-electron chi connectivity index (χ1n) is 6.71. The number of para-hydroxylation sites is 1. The third-order valence-electron chi connectivity index (χ3n) is 3.27. The average molecular weight is 275 g/mol. The van der Waals surface area contributed by atoms with Gasteiger partial charge in [-0.15, -0.1) is 0 Å². The van der Waals surface area contributed by atoms with E-state index in [0.717, 1.165) is 30.0 Å². The minimum absolute atomic E-state index is 0.338. The Morgan fingerprint density at radius 3 is 2.55 bits per heavy atom. The van der Waals surface area contributed by atoms with Gasteiger partial charge in [-0.3, -0.25) is 4.68 Å². The smallest absolute Gasteiger partial charge is 0.161 e. The molecule has 5 nitrogen and oxygen atoms in total. The standard InChI is InChI=1S/C15H21N3O2/c1-4-9-18-15(13(20-3)10-17-18)14(16)11-7-5-6-8-12(11)19-2/h5-8,10,14H,4,9,16H2,1-3H3. The van der Waals surface area contributed by atoms with Crippen LogP contribution in [0.4, 0.5) is 0 Å². The largest absolute Gasteiger partial charge is 0.496 e. The predicted octanol–water partition coefficient (Wildman–Crippen LogP) is 2.36. The molecule has 0 bridgehead atoms. The lowest BCUT2D eigenvalue weighted by molar-refractivity contribution is 0.396. The summed E-state index contributed by atoms with van der Waals surface area (Å²) >= 11 is 0. The first-order valence-corrected chi connectivity index (χ1v) is 6.71. The second-order valence-electron chi connectivity index (χ2n) is 4.54. The molecule has 0 saturated carbocycles. The zero-order valence-electron chi connectivity index (χ0n) is 12.2. The number of benzene rings is 1. The monoisotopic (exact) mass is 275 g/mol. The highest BCUT2D eigenvalue weighted by Gasteiger charge is 2.22. The summed E-state index contributed by atoms with van der Waals surface area (Å²) in [4.78, 5) is 0. The van der Waals surface area contributed by atoms with Crippen LogP contribution < -0.4 is 15.2 Å². The van der Waals surface area contributed by atoms with Gasteiger partial charge in [-0.2, -0.15) is 5.10 Å². The summed E-state index contributed by atoms with van der Waals surface area (Å²) in [5, 5.41) is 4.35. The van der Waals surface area contributed by atoms with Crippen LogP contribution in [0.25, 0.3) is 0 Å². The number of methoxy groups -OCH3 is 2. The van der Waals surface area contributed by atoms with Crippen molar-refractivity contribution in [3.05, 3.63) is 41.7 Å². The van der Waals surface area contributed by atoms with Crippen molar-refractivity contribution in [3.8, 4) is 11.5 Å². The third-order valence-corrected chi connectivity index (χ3v) is 3.27. The van der Waals surface area contributed by atoms with E-state index in [2.05, 4.69) is 12.0 Å². The van der Waals surface area contributed by atoms with E-state index in [4.69, 9.17) is 15.2 Å². The normalized spacial score (nSPS) is 12.2. The highest BCUT2D eigenvalue weighted by molar-refractivity contribution is 5.43. The molecule has 2 aromatic rings. The SMILES string of the molecule is CCCn1ncc(OC)c1C(N)c1ccccc1OC. The van der Waals surface area contributed by atoms with Gasteiger partial charge in [0.1, 0.15) is 11.4 Å². The van der Waals surface area contributed by atoms with Crippen LogP contribution in [0, 0.1) is 0 Å². The van der Waals surface area contributed by atoms with Crippen molar-refractivity contribution < 1.29 is 9.47 Å². The zero-order chi connectivity index (χ0) is 14.5. The van der Waals surface area contributed by atoms with Crippen LogP contribution in [-0.4, -0.2) is 24.0 Å². The van der Waals surface area contributed by atoms with Crippen LogP contribution in [0.1, 0.15) is 30.6 Å². The van der Waals surface area contributed by atoms with E-state index in [1.54, 1.807) is 20.4 Å². The van der Waals surface area contributed by atoms with Crippen molar-refractivity contribution in [2.24, 2.45) is 5.73 Å². The minimum atomic E-state index is -0.338. The van der Waals surface area contributed by atoms with E-state index >= 15 is 0 Å². The van der Waals surface area contributed by atoms with E-state index in [1.807, 2.05) is 28.9 Å². The molecule has 1 unspecified atom stereocenters. The Morgan fingerprint density at radius 1 is 1.20 bits per heavy atom. The Bertz CT molecular complexity index is 566. The molecule has 108 valence electrons. The molecule has 2 rings (SSSR count). The molecular weight excluding hydrogens is 254 g/mol. The molecule has 0 amide bonds. The minimum Gasteiger partial charge on any atom is -0.496 e. The maximum Gasteiger partial charge on any atom is 0.161 e. The molecule has 0 fully saturated rings. The summed E-state index contributed by atoms with van der Waals surface area (Å²) in [6.45, 7) is 2.91. The molecule has 0 radical (unpaired) electrons. The van der Waals surface area contributed by atoms with Crippen LogP contribution in [0.5, 0.6) is 11.5 Å². The van der Waals surface area contributed by atoms with E-state index in [-0.39, 0.29) is 6.04 Å².